The Morgan fingerprint density at radius 2 is 1.77 bits per heavy atom. The lowest BCUT2D eigenvalue weighted by atomic mass is 10.0. The molecule has 0 unspecified atom stereocenters. The first-order valence-electron chi connectivity index (χ1n) is 13.8. The minimum Gasteiger partial charge on any atom is -0.488 e. The van der Waals surface area contributed by atoms with E-state index in [1.165, 1.54) is 21.9 Å². The second-order valence-electron chi connectivity index (χ2n) is 10.8. The third-order valence-corrected chi connectivity index (χ3v) is 7.26. The molecule has 0 saturated heterocycles. The number of hydrogen-bond acceptors (Lipinski definition) is 7. The Morgan fingerprint density at radius 1 is 1.09 bits per heavy atom. The van der Waals surface area contributed by atoms with Gasteiger partial charge >= 0.3 is 12.2 Å². The van der Waals surface area contributed by atoms with Crippen LogP contribution < -0.4 is 24.8 Å². The lowest BCUT2D eigenvalue weighted by Gasteiger charge is -2.34. The molecule has 4 rings (SSSR count). The smallest absolute Gasteiger partial charge is 0.389 e. The number of likely N-dealkylation sites (N-methyl/N-ethyl adjacent to an activating group) is 1. The number of rotatable bonds is 8. The molecule has 0 bridgehead atoms. The molecule has 2 aliphatic heterocycles. The number of amides is 4. The summed E-state index contributed by atoms with van der Waals surface area (Å²) in [7, 11) is 1.60. The van der Waals surface area contributed by atoms with Crippen molar-refractivity contribution in [3.8, 4) is 17.2 Å². The van der Waals surface area contributed by atoms with Crippen LogP contribution in [0, 0.1) is 5.92 Å². The van der Waals surface area contributed by atoms with Crippen molar-refractivity contribution in [1.82, 2.24) is 9.80 Å². The Balaban J connectivity index is 1.53. The maximum absolute atomic E-state index is 13.3. The van der Waals surface area contributed by atoms with E-state index in [1.54, 1.807) is 38.2 Å². The van der Waals surface area contributed by atoms with E-state index < -0.39 is 43.1 Å². The minimum absolute atomic E-state index is 0.103. The number of nitrogens with zero attached hydrogens (tertiary/aromatic N) is 2. The van der Waals surface area contributed by atoms with Crippen molar-refractivity contribution in [1.29, 1.82) is 0 Å². The van der Waals surface area contributed by atoms with Crippen molar-refractivity contribution in [3.05, 3.63) is 42.0 Å². The predicted octanol–water partition coefficient (Wildman–Crippen LogP) is 4.01. The van der Waals surface area contributed by atoms with Crippen LogP contribution >= 0.6 is 0 Å². The number of anilines is 2. The van der Waals surface area contributed by atoms with Crippen molar-refractivity contribution >= 4 is 29.2 Å². The fourth-order valence-corrected chi connectivity index (χ4v) is 4.75. The van der Waals surface area contributed by atoms with E-state index in [2.05, 4.69) is 10.6 Å². The van der Waals surface area contributed by atoms with Gasteiger partial charge in [-0.25, -0.2) is 4.79 Å². The van der Waals surface area contributed by atoms with Crippen LogP contribution in [0.3, 0.4) is 0 Å². The van der Waals surface area contributed by atoms with E-state index in [4.69, 9.17) is 14.2 Å². The summed E-state index contributed by atoms with van der Waals surface area (Å²) in [6, 6.07) is 8.63. The highest BCUT2D eigenvalue weighted by Gasteiger charge is 2.32. The van der Waals surface area contributed by atoms with Crippen molar-refractivity contribution in [2.24, 2.45) is 5.92 Å². The SMILES string of the molecule is C[C@H]1CN([C@@H](C)CO)C(=O)Cc2cc(NC(=O)CCC(F)(F)F)ccc2O[C@@H]1CN(C)C(=O)Nc1ccc2c(c1)OCO2. The maximum atomic E-state index is 13.3. The van der Waals surface area contributed by atoms with Gasteiger partial charge in [-0.15, -0.1) is 0 Å². The summed E-state index contributed by atoms with van der Waals surface area (Å²) < 4.78 is 54.7. The van der Waals surface area contributed by atoms with Gasteiger partial charge in [0.25, 0.3) is 0 Å². The van der Waals surface area contributed by atoms with Gasteiger partial charge < -0.3 is 39.8 Å². The summed E-state index contributed by atoms with van der Waals surface area (Å²) in [4.78, 5) is 41.5. The van der Waals surface area contributed by atoms with E-state index in [1.807, 2.05) is 6.92 Å². The molecular weight excluding hydrogens is 573 g/mol. The van der Waals surface area contributed by atoms with Crippen LogP contribution in [0.1, 0.15) is 32.3 Å². The summed E-state index contributed by atoms with van der Waals surface area (Å²) in [6.07, 6.45) is -7.19. The quantitative estimate of drug-likeness (QED) is 0.413. The van der Waals surface area contributed by atoms with Crippen LogP contribution in [0.2, 0.25) is 0 Å². The van der Waals surface area contributed by atoms with Crippen LogP contribution in [-0.2, 0) is 16.0 Å². The number of halogens is 3. The normalized spacial score (nSPS) is 18.9. The van der Waals surface area contributed by atoms with Gasteiger partial charge in [0.2, 0.25) is 18.6 Å². The number of nitrogens with one attached hydrogen (secondary N) is 2. The third kappa shape index (κ3) is 8.43. The van der Waals surface area contributed by atoms with E-state index in [-0.39, 0.29) is 50.4 Å². The van der Waals surface area contributed by atoms with Crippen LogP contribution in [0.5, 0.6) is 17.2 Å². The first-order chi connectivity index (χ1) is 20.3. The van der Waals surface area contributed by atoms with Gasteiger partial charge in [-0.3, -0.25) is 9.59 Å². The number of aliphatic hydroxyl groups excluding tert-OH is 1. The standard InChI is InChI=1S/C29H35F3N4O7/c1-17-13-36(18(2)15-37)27(39)11-19-10-20(33-26(38)8-9-29(30,31)32)4-6-22(19)43-25(17)14-35(3)28(40)34-21-5-7-23-24(12-21)42-16-41-23/h4-7,10,12,17-18,25,37H,8-9,11,13-16H2,1-3H3,(H,33,38)(H,34,40)/t17-,18-,25+/m0/s1. The van der Waals surface area contributed by atoms with E-state index in [9.17, 15) is 32.7 Å². The molecular formula is C29H35F3N4O7. The molecule has 2 aliphatic rings. The van der Waals surface area contributed by atoms with Crippen molar-refractivity contribution in [2.75, 3.05) is 44.2 Å². The van der Waals surface area contributed by atoms with E-state index >= 15 is 0 Å². The molecule has 11 nitrogen and oxygen atoms in total. The zero-order valence-corrected chi connectivity index (χ0v) is 24.1. The van der Waals surface area contributed by atoms with Crippen molar-refractivity contribution in [3.63, 3.8) is 0 Å². The fraction of sp³-hybridized carbons (Fsp3) is 0.483. The number of aliphatic hydroxyl groups is 1. The Morgan fingerprint density at radius 3 is 2.47 bits per heavy atom. The number of ether oxygens (including phenoxy) is 3. The molecule has 2 aromatic carbocycles. The average molecular weight is 609 g/mol. The number of urea groups is 1. The largest absolute Gasteiger partial charge is 0.488 e. The highest BCUT2D eigenvalue weighted by Crippen LogP contribution is 2.34. The molecule has 234 valence electrons. The summed E-state index contributed by atoms with van der Waals surface area (Å²) in [5, 5.41) is 15.1. The van der Waals surface area contributed by atoms with Crippen LogP contribution in [0.25, 0.3) is 0 Å². The van der Waals surface area contributed by atoms with Crippen molar-refractivity contribution < 1.29 is 46.9 Å². The van der Waals surface area contributed by atoms with Gasteiger partial charge in [0, 0.05) is 48.9 Å². The van der Waals surface area contributed by atoms with E-state index in [0.29, 0.717) is 28.5 Å². The summed E-state index contributed by atoms with van der Waals surface area (Å²) >= 11 is 0. The molecule has 0 spiro atoms. The fourth-order valence-electron chi connectivity index (χ4n) is 4.75. The second kappa shape index (κ2) is 13.4. The van der Waals surface area contributed by atoms with Gasteiger partial charge in [-0.2, -0.15) is 13.2 Å². The van der Waals surface area contributed by atoms with Gasteiger partial charge in [0.05, 0.1) is 32.0 Å². The van der Waals surface area contributed by atoms with Gasteiger partial charge in [0.15, 0.2) is 11.5 Å². The van der Waals surface area contributed by atoms with Crippen LogP contribution in [0.15, 0.2) is 36.4 Å². The Kier molecular flexibility index (Phi) is 9.89. The molecule has 43 heavy (non-hydrogen) atoms. The molecule has 2 heterocycles. The second-order valence-corrected chi connectivity index (χ2v) is 10.8. The number of hydrogen-bond donors (Lipinski definition) is 3. The van der Waals surface area contributed by atoms with Gasteiger partial charge in [-0.1, -0.05) is 6.92 Å². The zero-order chi connectivity index (χ0) is 31.3. The first kappa shape index (κ1) is 31.7. The number of benzene rings is 2. The van der Waals surface area contributed by atoms with Crippen LogP contribution in [0.4, 0.5) is 29.3 Å². The highest BCUT2D eigenvalue weighted by molar-refractivity contribution is 5.91. The van der Waals surface area contributed by atoms with Crippen molar-refractivity contribution in [2.45, 2.75) is 51.4 Å². The predicted molar refractivity (Wildman–Crippen MR) is 150 cm³/mol. The molecule has 3 N–H and O–H groups in total. The summed E-state index contributed by atoms with van der Waals surface area (Å²) in [5.74, 6) is 0.0353. The molecule has 0 radical (unpaired) electrons. The van der Waals surface area contributed by atoms with Crippen LogP contribution in [-0.4, -0.2) is 84.6 Å². The lowest BCUT2D eigenvalue weighted by Crippen LogP contribution is -2.48. The molecule has 0 saturated carbocycles. The number of carbonyl (C=O) groups is 3. The summed E-state index contributed by atoms with van der Waals surface area (Å²) in [6.45, 7) is 3.77. The maximum Gasteiger partial charge on any atom is 0.389 e. The van der Waals surface area contributed by atoms with Gasteiger partial charge in [0.1, 0.15) is 11.9 Å². The number of fused-ring (bicyclic) bond motifs is 2. The Bertz CT molecular complexity index is 1340. The average Bonchev–Trinajstić information content (AvgIpc) is 3.43. The topological polar surface area (TPSA) is 130 Å². The Hall–Kier alpha value is -4.20. The molecule has 3 atom stereocenters. The lowest BCUT2D eigenvalue weighted by molar-refractivity contribution is -0.142. The molecule has 0 aromatic heterocycles. The highest BCUT2D eigenvalue weighted by atomic mass is 19.4. The number of alkyl halides is 3. The molecule has 0 aliphatic carbocycles. The van der Waals surface area contributed by atoms with Gasteiger partial charge in [-0.05, 0) is 37.3 Å². The first-order valence-corrected chi connectivity index (χ1v) is 13.8. The molecule has 4 amide bonds. The molecule has 14 heteroatoms. The minimum atomic E-state index is -4.46. The molecule has 0 fully saturated rings. The third-order valence-electron chi connectivity index (χ3n) is 7.26. The number of carbonyl (C=O) groups excluding carboxylic acids is 3. The Labute approximate surface area is 246 Å². The monoisotopic (exact) mass is 608 g/mol. The molecule has 2 aromatic rings. The van der Waals surface area contributed by atoms with E-state index in [0.717, 1.165) is 0 Å². The summed E-state index contributed by atoms with van der Waals surface area (Å²) in [5.41, 5.74) is 1.13. The zero-order valence-electron chi connectivity index (χ0n) is 24.1.